The molecule has 0 saturated carbocycles. The first-order valence-corrected chi connectivity index (χ1v) is 6.45. The number of halogens is 1. The van der Waals surface area contributed by atoms with Crippen LogP contribution in [-0.4, -0.2) is 25.6 Å². The molecule has 0 aliphatic carbocycles. The SMILES string of the molecule is COc1cccc(C(=O)OCC(=O)Nc2ccccc2F)c1. The molecule has 1 N–H and O–H groups in total. The number of hydrogen-bond acceptors (Lipinski definition) is 4. The van der Waals surface area contributed by atoms with Crippen molar-refractivity contribution >= 4 is 17.6 Å². The largest absolute Gasteiger partial charge is 0.497 e. The van der Waals surface area contributed by atoms with Gasteiger partial charge in [0.15, 0.2) is 6.61 Å². The van der Waals surface area contributed by atoms with E-state index in [1.54, 1.807) is 24.3 Å². The Labute approximate surface area is 126 Å². The molecule has 0 spiro atoms. The van der Waals surface area contributed by atoms with Crippen LogP contribution in [0.25, 0.3) is 0 Å². The summed E-state index contributed by atoms with van der Waals surface area (Å²) in [6, 6.07) is 12.1. The fourth-order valence-electron chi connectivity index (χ4n) is 1.71. The number of para-hydroxylation sites is 1. The van der Waals surface area contributed by atoms with Gasteiger partial charge >= 0.3 is 5.97 Å². The number of nitrogens with one attached hydrogen (secondary N) is 1. The van der Waals surface area contributed by atoms with Crippen molar-refractivity contribution in [1.82, 2.24) is 0 Å². The van der Waals surface area contributed by atoms with E-state index < -0.39 is 24.3 Å². The Morgan fingerprint density at radius 2 is 1.91 bits per heavy atom. The summed E-state index contributed by atoms with van der Waals surface area (Å²) in [4.78, 5) is 23.4. The highest BCUT2D eigenvalue weighted by Gasteiger charge is 2.12. The van der Waals surface area contributed by atoms with Gasteiger partial charge in [-0.25, -0.2) is 9.18 Å². The van der Waals surface area contributed by atoms with Gasteiger partial charge in [-0.05, 0) is 30.3 Å². The van der Waals surface area contributed by atoms with Gasteiger partial charge in [-0.3, -0.25) is 4.79 Å². The second-order valence-electron chi connectivity index (χ2n) is 4.34. The van der Waals surface area contributed by atoms with Crippen LogP contribution in [0.3, 0.4) is 0 Å². The molecule has 0 atom stereocenters. The first kappa shape index (κ1) is 15.5. The molecular weight excluding hydrogens is 289 g/mol. The van der Waals surface area contributed by atoms with E-state index in [0.717, 1.165) is 0 Å². The third-order valence-corrected chi connectivity index (χ3v) is 2.79. The van der Waals surface area contributed by atoms with E-state index in [0.29, 0.717) is 5.75 Å². The molecule has 0 radical (unpaired) electrons. The Morgan fingerprint density at radius 1 is 1.14 bits per heavy atom. The molecule has 0 bridgehead atoms. The highest BCUT2D eigenvalue weighted by Crippen LogP contribution is 2.14. The summed E-state index contributed by atoms with van der Waals surface area (Å²) in [7, 11) is 1.48. The standard InChI is InChI=1S/C16H14FNO4/c1-21-12-6-4-5-11(9-12)16(20)22-10-15(19)18-14-8-3-2-7-13(14)17/h2-9H,10H2,1H3,(H,18,19). The van der Waals surface area contributed by atoms with Crippen LogP contribution in [0.4, 0.5) is 10.1 Å². The summed E-state index contributed by atoms with van der Waals surface area (Å²) in [6.07, 6.45) is 0. The molecule has 22 heavy (non-hydrogen) atoms. The zero-order valence-corrected chi connectivity index (χ0v) is 11.8. The molecule has 1 amide bonds. The third-order valence-electron chi connectivity index (χ3n) is 2.79. The Bertz CT molecular complexity index is 687. The number of rotatable bonds is 5. The molecule has 6 heteroatoms. The molecular formula is C16H14FNO4. The Morgan fingerprint density at radius 3 is 2.64 bits per heavy atom. The van der Waals surface area contributed by atoms with Crippen LogP contribution in [-0.2, 0) is 9.53 Å². The van der Waals surface area contributed by atoms with Crippen LogP contribution in [0.2, 0.25) is 0 Å². The number of ether oxygens (including phenoxy) is 2. The maximum absolute atomic E-state index is 13.4. The summed E-state index contributed by atoms with van der Waals surface area (Å²) in [5.74, 6) is -1.34. The van der Waals surface area contributed by atoms with Crippen LogP contribution < -0.4 is 10.1 Å². The number of carbonyl (C=O) groups excluding carboxylic acids is 2. The average molecular weight is 303 g/mol. The Balaban J connectivity index is 1.90. The van der Waals surface area contributed by atoms with Gasteiger partial charge in [0.1, 0.15) is 11.6 Å². The lowest BCUT2D eigenvalue weighted by Gasteiger charge is -2.08. The van der Waals surface area contributed by atoms with Crippen molar-refractivity contribution in [2.24, 2.45) is 0 Å². The molecule has 0 aliphatic heterocycles. The molecule has 2 aromatic rings. The first-order chi connectivity index (χ1) is 10.6. The van der Waals surface area contributed by atoms with E-state index >= 15 is 0 Å². The summed E-state index contributed by atoms with van der Waals surface area (Å²) in [6.45, 7) is -0.510. The van der Waals surface area contributed by atoms with E-state index in [1.807, 2.05) is 0 Å². The second-order valence-corrected chi connectivity index (χ2v) is 4.34. The van der Waals surface area contributed by atoms with Gasteiger partial charge in [0.2, 0.25) is 0 Å². The van der Waals surface area contributed by atoms with Crippen LogP contribution >= 0.6 is 0 Å². The van der Waals surface area contributed by atoms with Crippen molar-refractivity contribution in [2.75, 3.05) is 19.0 Å². The van der Waals surface area contributed by atoms with Crippen molar-refractivity contribution in [3.05, 3.63) is 59.9 Å². The quantitative estimate of drug-likeness (QED) is 0.862. The average Bonchev–Trinajstić information content (AvgIpc) is 2.55. The molecule has 2 rings (SSSR count). The maximum Gasteiger partial charge on any atom is 0.338 e. The van der Waals surface area contributed by atoms with Crippen molar-refractivity contribution < 1.29 is 23.5 Å². The van der Waals surface area contributed by atoms with Crippen LogP contribution in [0, 0.1) is 5.82 Å². The lowest BCUT2D eigenvalue weighted by Crippen LogP contribution is -2.21. The highest BCUT2D eigenvalue weighted by atomic mass is 19.1. The predicted molar refractivity (Wildman–Crippen MR) is 78.3 cm³/mol. The fourth-order valence-corrected chi connectivity index (χ4v) is 1.71. The minimum atomic E-state index is -0.664. The summed E-state index contributed by atoms with van der Waals surface area (Å²) in [5.41, 5.74) is 0.294. The van der Waals surface area contributed by atoms with Gasteiger partial charge < -0.3 is 14.8 Å². The first-order valence-electron chi connectivity index (χ1n) is 6.45. The molecule has 0 aliphatic rings. The molecule has 0 heterocycles. The highest BCUT2D eigenvalue weighted by molar-refractivity contribution is 5.95. The molecule has 114 valence electrons. The number of benzene rings is 2. The smallest absolute Gasteiger partial charge is 0.338 e. The Kier molecular flexibility index (Phi) is 5.08. The zero-order valence-electron chi connectivity index (χ0n) is 11.8. The molecule has 0 unspecified atom stereocenters. The number of methoxy groups -OCH3 is 1. The molecule has 5 nitrogen and oxygen atoms in total. The number of esters is 1. The number of hydrogen-bond donors (Lipinski definition) is 1. The van der Waals surface area contributed by atoms with E-state index in [-0.39, 0.29) is 11.3 Å². The minimum absolute atomic E-state index is 0.0323. The van der Waals surface area contributed by atoms with E-state index in [2.05, 4.69) is 5.32 Å². The van der Waals surface area contributed by atoms with Crippen molar-refractivity contribution in [3.63, 3.8) is 0 Å². The van der Waals surface area contributed by atoms with Gasteiger partial charge in [-0.1, -0.05) is 18.2 Å². The van der Waals surface area contributed by atoms with Crippen molar-refractivity contribution in [3.8, 4) is 5.75 Å². The van der Waals surface area contributed by atoms with Gasteiger partial charge in [0.05, 0.1) is 18.4 Å². The van der Waals surface area contributed by atoms with Crippen LogP contribution in [0.1, 0.15) is 10.4 Å². The van der Waals surface area contributed by atoms with Crippen LogP contribution in [0.5, 0.6) is 5.75 Å². The van der Waals surface area contributed by atoms with E-state index in [1.165, 1.54) is 31.4 Å². The fraction of sp³-hybridized carbons (Fsp3) is 0.125. The normalized spacial score (nSPS) is 9.91. The van der Waals surface area contributed by atoms with E-state index in [4.69, 9.17) is 9.47 Å². The predicted octanol–water partition coefficient (Wildman–Crippen LogP) is 2.63. The molecule has 0 saturated heterocycles. The monoisotopic (exact) mass is 303 g/mol. The third kappa shape index (κ3) is 4.05. The number of amides is 1. The number of carbonyl (C=O) groups is 2. The van der Waals surface area contributed by atoms with Crippen molar-refractivity contribution in [2.45, 2.75) is 0 Å². The summed E-state index contributed by atoms with van der Waals surface area (Å²) < 4.78 is 23.2. The second kappa shape index (κ2) is 7.21. The lowest BCUT2D eigenvalue weighted by atomic mass is 10.2. The minimum Gasteiger partial charge on any atom is -0.497 e. The van der Waals surface area contributed by atoms with Gasteiger partial charge in [-0.2, -0.15) is 0 Å². The van der Waals surface area contributed by atoms with E-state index in [9.17, 15) is 14.0 Å². The van der Waals surface area contributed by atoms with Gasteiger partial charge in [-0.15, -0.1) is 0 Å². The molecule has 2 aromatic carbocycles. The molecule has 0 fully saturated rings. The van der Waals surface area contributed by atoms with Crippen molar-refractivity contribution in [1.29, 1.82) is 0 Å². The van der Waals surface area contributed by atoms with Crippen LogP contribution in [0.15, 0.2) is 48.5 Å². The summed E-state index contributed by atoms with van der Waals surface area (Å²) >= 11 is 0. The lowest BCUT2D eigenvalue weighted by molar-refractivity contribution is -0.119. The zero-order chi connectivity index (χ0) is 15.9. The Hall–Kier alpha value is -2.89. The summed E-state index contributed by atoms with van der Waals surface area (Å²) in [5, 5.41) is 2.32. The topological polar surface area (TPSA) is 64.6 Å². The maximum atomic E-state index is 13.4. The van der Waals surface area contributed by atoms with Gasteiger partial charge in [0.25, 0.3) is 5.91 Å². The van der Waals surface area contributed by atoms with Gasteiger partial charge in [0, 0.05) is 0 Å². The number of anilines is 1. The molecule has 0 aromatic heterocycles.